The highest BCUT2D eigenvalue weighted by molar-refractivity contribution is 7.67. The molecule has 26 heavy (non-hydrogen) atoms. The number of nitrogens with zero attached hydrogens (tertiary/aromatic N) is 1. The summed E-state index contributed by atoms with van der Waals surface area (Å²) in [5.41, 5.74) is 1.52. The van der Waals surface area contributed by atoms with Crippen LogP contribution in [0.15, 0.2) is 48.5 Å². The first-order valence-corrected chi connectivity index (χ1v) is 10.8. The third kappa shape index (κ3) is 5.11. The van der Waals surface area contributed by atoms with E-state index in [9.17, 15) is 9.67 Å². The van der Waals surface area contributed by atoms with E-state index < -0.39 is 13.2 Å². The Morgan fingerprint density at radius 2 is 1.65 bits per heavy atom. The molecule has 1 N–H and O–H groups in total. The number of anilines is 1. The van der Waals surface area contributed by atoms with Crippen LogP contribution in [0.5, 0.6) is 0 Å². The fourth-order valence-electron chi connectivity index (χ4n) is 2.50. The fourth-order valence-corrected chi connectivity index (χ4v) is 4.70. The summed E-state index contributed by atoms with van der Waals surface area (Å²) in [4.78, 5) is 1.96. The normalized spacial score (nSPS) is 14.9. The van der Waals surface area contributed by atoms with E-state index in [0.29, 0.717) is 28.4 Å². The van der Waals surface area contributed by atoms with Crippen molar-refractivity contribution in [1.82, 2.24) is 0 Å². The maximum Gasteiger partial charge on any atom is 0.264 e. The Bertz CT molecular complexity index is 745. The second-order valence-corrected chi connectivity index (χ2v) is 9.84. The second kappa shape index (κ2) is 9.05. The molecule has 6 heteroatoms. The molecule has 142 valence electrons. The molecule has 2 aromatic rings. The molecular weight excluding hydrogens is 369 g/mol. The van der Waals surface area contributed by atoms with Gasteiger partial charge in [-0.15, -0.1) is 0 Å². The molecule has 0 bridgehead atoms. The number of aliphatic hydroxyl groups is 1. The van der Waals surface area contributed by atoms with Gasteiger partial charge < -0.3 is 14.5 Å². The maximum absolute atomic E-state index is 13.7. The van der Waals surface area contributed by atoms with Gasteiger partial charge in [0.1, 0.15) is 0 Å². The smallest absolute Gasteiger partial charge is 0.264 e. The lowest BCUT2D eigenvalue weighted by Crippen LogP contribution is -2.16. The standard InChI is InChI=1S/C20H27ClNO3P/c1-15(2)13-14-25-26(24,19-11-9-18(10-12-19)22(3)4)20(23)16-5-7-17(21)8-6-16/h5-12,15,20,23H,13-14H2,1-4H3/t20-,26-/m1/s1. The highest BCUT2D eigenvalue weighted by atomic mass is 35.5. The number of aliphatic hydroxyl groups excluding tert-OH is 1. The summed E-state index contributed by atoms with van der Waals surface area (Å²) in [5.74, 6) is -0.815. The zero-order valence-electron chi connectivity index (χ0n) is 15.7. The second-order valence-electron chi connectivity index (χ2n) is 6.95. The molecule has 0 fully saturated rings. The van der Waals surface area contributed by atoms with E-state index in [0.717, 1.165) is 12.1 Å². The van der Waals surface area contributed by atoms with Crippen LogP contribution in [0.1, 0.15) is 31.7 Å². The largest absolute Gasteiger partial charge is 0.378 e. The Hall–Kier alpha value is -1.32. The average Bonchev–Trinajstić information content (AvgIpc) is 2.61. The molecule has 0 spiro atoms. The van der Waals surface area contributed by atoms with Crippen molar-refractivity contribution >= 4 is 30.0 Å². The highest BCUT2D eigenvalue weighted by Gasteiger charge is 2.36. The molecule has 0 aliphatic carbocycles. The van der Waals surface area contributed by atoms with Crippen LogP contribution in [0.3, 0.4) is 0 Å². The average molecular weight is 396 g/mol. The molecule has 0 radical (unpaired) electrons. The molecule has 0 saturated carbocycles. The van der Waals surface area contributed by atoms with Crippen LogP contribution in [0.4, 0.5) is 5.69 Å². The van der Waals surface area contributed by atoms with Crippen molar-refractivity contribution in [2.24, 2.45) is 5.92 Å². The molecule has 2 aromatic carbocycles. The third-order valence-corrected chi connectivity index (χ3v) is 6.97. The summed E-state index contributed by atoms with van der Waals surface area (Å²) >= 11 is 5.93. The monoisotopic (exact) mass is 395 g/mol. The van der Waals surface area contributed by atoms with Gasteiger partial charge >= 0.3 is 0 Å². The molecule has 0 aliphatic heterocycles. The number of halogens is 1. The number of hydrogen-bond acceptors (Lipinski definition) is 4. The van der Waals surface area contributed by atoms with E-state index in [-0.39, 0.29) is 0 Å². The van der Waals surface area contributed by atoms with Crippen LogP contribution < -0.4 is 10.2 Å². The minimum Gasteiger partial charge on any atom is -0.378 e. The van der Waals surface area contributed by atoms with Crippen LogP contribution in [0.25, 0.3) is 0 Å². The summed E-state index contributed by atoms with van der Waals surface area (Å²) in [5, 5.41) is 12.0. The Labute approximate surface area is 161 Å². The van der Waals surface area contributed by atoms with Gasteiger partial charge in [0.25, 0.3) is 7.37 Å². The van der Waals surface area contributed by atoms with Crippen LogP contribution in [-0.4, -0.2) is 25.8 Å². The Morgan fingerprint density at radius 3 is 2.15 bits per heavy atom. The van der Waals surface area contributed by atoms with Gasteiger partial charge in [-0.05, 0) is 54.3 Å². The molecule has 0 aromatic heterocycles. The fraction of sp³-hybridized carbons (Fsp3) is 0.400. The van der Waals surface area contributed by atoms with Gasteiger partial charge in [0.05, 0.1) is 6.61 Å². The van der Waals surface area contributed by atoms with Crippen LogP contribution in [0.2, 0.25) is 5.02 Å². The molecule has 0 saturated heterocycles. The van der Waals surface area contributed by atoms with Crippen molar-refractivity contribution in [3.63, 3.8) is 0 Å². The van der Waals surface area contributed by atoms with Gasteiger partial charge in [0.15, 0.2) is 5.85 Å². The van der Waals surface area contributed by atoms with Crippen molar-refractivity contribution in [3.8, 4) is 0 Å². The maximum atomic E-state index is 13.7. The van der Waals surface area contributed by atoms with Gasteiger partial charge in [0.2, 0.25) is 0 Å². The van der Waals surface area contributed by atoms with Gasteiger partial charge in [0, 0.05) is 30.1 Å². The van der Waals surface area contributed by atoms with Crippen molar-refractivity contribution in [2.75, 3.05) is 25.6 Å². The zero-order chi connectivity index (χ0) is 19.3. The molecular formula is C20H27ClNO3P. The van der Waals surface area contributed by atoms with Crippen LogP contribution in [-0.2, 0) is 9.09 Å². The van der Waals surface area contributed by atoms with Crippen LogP contribution >= 0.6 is 19.0 Å². The SMILES string of the molecule is CC(C)CCO[P@](=O)(c1ccc(N(C)C)cc1)[C@@H](O)c1ccc(Cl)cc1. The first-order chi connectivity index (χ1) is 12.2. The van der Waals surface area contributed by atoms with Crippen molar-refractivity contribution in [3.05, 3.63) is 59.1 Å². The molecule has 2 atom stereocenters. The van der Waals surface area contributed by atoms with Crippen molar-refractivity contribution < 1.29 is 14.2 Å². The lowest BCUT2D eigenvalue weighted by atomic mass is 10.2. The molecule has 0 unspecified atom stereocenters. The van der Waals surface area contributed by atoms with Gasteiger partial charge in [-0.2, -0.15) is 0 Å². The minimum atomic E-state index is -3.51. The van der Waals surface area contributed by atoms with Crippen molar-refractivity contribution in [2.45, 2.75) is 26.1 Å². The van der Waals surface area contributed by atoms with E-state index in [1.165, 1.54) is 0 Å². The van der Waals surface area contributed by atoms with E-state index in [1.807, 2.05) is 31.1 Å². The van der Waals surface area contributed by atoms with E-state index >= 15 is 0 Å². The first kappa shape index (κ1) is 21.0. The quantitative estimate of drug-likeness (QED) is 0.634. The predicted molar refractivity (Wildman–Crippen MR) is 110 cm³/mol. The molecule has 0 amide bonds. The summed E-state index contributed by atoms with van der Waals surface area (Å²) in [6.45, 7) is 4.49. The van der Waals surface area contributed by atoms with E-state index in [1.54, 1.807) is 36.4 Å². The lowest BCUT2D eigenvalue weighted by molar-refractivity contribution is 0.209. The summed E-state index contributed by atoms with van der Waals surface area (Å²) in [7, 11) is 0.369. The molecule has 0 aliphatic rings. The van der Waals surface area contributed by atoms with Gasteiger partial charge in [-0.25, -0.2) is 0 Å². The zero-order valence-corrected chi connectivity index (χ0v) is 17.4. The topological polar surface area (TPSA) is 49.8 Å². The summed E-state index contributed by atoms with van der Waals surface area (Å²) < 4.78 is 19.6. The predicted octanol–water partition coefficient (Wildman–Crippen LogP) is 5.06. The summed E-state index contributed by atoms with van der Waals surface area (Å²) in [6.07, 6.45) is 0.771. The molecule has 0 heterocycles. The Kier molecular flexibility index (Phi) is 7.31. The molecule has 2 rings (SSSR count). The van der Waals surface area contributed by atoms with E-state index in [4.69, 9.17) is 16.1 Å². The van der Waals surface area contributed by atoms with Crippen molar-refractivity contribution in [1.29, 1.82) is 0 Å². The number of rotatable bonds is 8. The van der Waals surface area contributed by atoms with Gasteiger partial charge in [-0.1, -0.05) is 37.6 Å². The van der Waals surface area contributed by atoms with E-state index in [2.05, 4.69) is 13.8 Å². The lowest BCUT2D eigenvalue weighted by Gasteiger charge is -2.25. The van der Waals surface area contributed by atoms with Gasteiger partial charge in [-0.3, -0.25) is 4.57 Å². The number of benzene rings is 2. The Balaban J connectivity index is 2.37. The molecule has 4 nitrogen and oxygen atoms in total. The highest BCUT2D eigenvalue weighted by Crippen LogP contribution is 2.57. The number of hydrogen-bond donors (Lipinski definition) is 1. The third-order valence-electron chi connectivity index (χ3n) is 4.19. The minimum absolute atomic E-state index is 0.328. The summed E-state index contributed by atoms with van der Waals surface area (Å²) in [6, 6.07) is 14.0. The van der Waals surface area contributed by atoms with Crippen LogP contribution in [0, 0.1) is 5.92 Å². The first-order valence-electron chi connectivity index (χ1n) is 8.70. The Morgan fingerprint density at radius 1 is 1.08 bits per heavy atom.